The number of thiocarbonyl (C=S) groups is 1. The van der Waals surface area contributed by atoms with Gasteiger partial charge in [0.15, 0.2) is 11.7 Å². The van der Waals surface area contributed by atoms with Crippen molar-refractivity contribution in [2.75, 3.05) is 24.6 Å². The molecule has 1 aromatic carbocycles. The second-order valence-corrected chi connectivity index (χ2v) is 6.94. The van der Waals surface area contributed by atoms with Crippen molar-refractivity contribution in [2.45, 2.75) is 39.5 Å². The number of para-hydroxylation sites is 2. The summed E-state index contributed by atoms with van der Waals surface area (Å²) in [5, 5.41) is 3.50. The van der Waals surface area contributed by atoms with Gasteiger partial charge in [0, 0.05) is 6.54 Å². The second kappa shape index (κ2) is 10.7. The highest BCUT2D eigenvalue weighted by atomic mass is 32.1. The van der Waals surface area contributed by atoms with Crippen molar-refractivity contribution in [3.05, 3.63) is 24.3 Å². The molecule has 1 atom stereocenters. The molecule has 0 radical (unpaired) electrons. The van der Waals surface area contributed by atoms with Gasteiger partial charge in [0.2, 0.25) is 0 Å². The van der Waals surface area contributed by atoms with Gasteiger partial charge in [-0.2, -0.15) is 0 Å². The fourth-order valence-electron chi connectivity index (χ4n) is 2.86. The van der Waals surface area contributed by atoms with Crippen LogP contribution >= 0.6 is 12.2 Å². The zero-order valence-corrected chi connectivity index (χ0v) is 16.7. The molecule has 0 aromatic heterocycles. The molecule has 1 aliphatic rings. The van der Waals surface area contributed by atoms with Gasteiger partial charge in [-0.25, -0.2) is 0 Å². The normalized spacial score (nSPS) is 14.0. The maximum absolute atomic E-state index is 12.2. The van der Waals surface area contributed by atoms with E-state index in [0.29, 0.717) is 22.5 Å². The molecule has 0 spiro atoms. The first-order valence-corrected chi connectivity index (χ1v) is 9.80. The smallest absolute Gasteiger partial charge is 0.265 e. The molecule has 0 bridgehead atoms. The van der Waals surface area contributed by atoms with Crippen LogP contribution in [0.1, 0.15) is 39.5 Å². The molecule has 3 N–H and O–H groups in total. The van der Waals surface area contributed by atoms with Crippen LogP contribution in [0.4, 0.5) is 5.69 Å². The minimum absolute atomic E-state index is 0.0755. The topological polar surface area (TPSA) is 82.7 Å². The number of carbonyl (C=O) groups is 2. The molecule has 0 saturated heterocycles. The summed E-state index contributed by atoms with van der Waals surface area (Å²) in [5.74, 6) is 0.532. The lowest BCUT2D eigenvalue weighted by atomic mass is 9.99. The predicted octanol–water partition coefficient (Wildman–Crippen LogP) is 2.12. The van der Waals surface area contributed by atoms with Crippen LogP contribution in [0, 0.1) is 5.92 Å². The number of ether oxygens (including phenoxy) is 1. The van der Waals surface area contributed by atoms with Crippen molar-refractivity contribution in [1.82, 2.24) is 16.2 Å². The molecule has 7 nitrogen and oxygen atoms in total. The average Bonchev–Trinajstić information content (AvgIpc) is 2.68. The number of nitrogens with zero attached hydrogens (tertiary/aromatic N) is 1. The van der Waals surface area contributed by atoms with Crippen molar-refractivity contribution >= 4 is 34.8 Å². The van der Waals surface area contributed by atoms with E-state index in [9.17, 15) is 9.59 Å². The molecule has 2 amide bonds. The molecular weight excluding hydrogens is 364 g/mol. The maximum Gasteiger partial charge on any atom is 0.265 e. The SMILES string of the molecule is CCCC[C@@H](CC)CNC(=S)NNC(=O)CN1C(=O)COc2ccccc21. The molecule has 8 heteroatoms. The molecular formula is C19H28N4O3S. The summed E-state index contributed by atoms with van der Waals surface area (Å²) in [5.41, 5.74) is 5.83. The van der Waals surface area contributed by atoms with Gasteiger partial charge in [0.05, 0.1) is 5.69 Å². The number of nitrogens with one attached hydrogen (secondary N) is 3. The molecule has 27 heavy (non-hydrogen) atoms. The Morgan fingerprint density at radius 1 is 1.30 bits per heavy atom. The number of amides is 2. The Kier molecular flexibility index (Phi) is 8.32. The van der Waals surface area contributed by atoms with E-state index < -0.39 is 0 Å². The van der Waals surface area contributed by atoms with Crippen LogP contribution in [-0.2, 0) is 9.59 Å². The van der Waals surface area contributed by atoms with Crippen molar-refractivity contribution in [3.63, 3.8) is 0 Å². The Labute approximate surface area is 165 Å². The van der Waals surface area contributed by atoms with E-state index >= 15 is 0 Å². The van der Waals surface area contributed by atoms with Crippen LogP contribution in [0.2, 0.25) is 0 Å². The molecule has 1 aliphatic heterocycles. The Hall–Kier alpha value is -2.35. The van der Waals surface area contributed by atoms with E-state index in [2.05, 4.69) is 30.0 Å². The highest BCUT2D eigenvalue weighted by Gasteiger charge is 2.26. The van der Waals surface area contributed by atoms with Gasteiger partial charge >= 0.3 is 0 Å². The minimum atomic E-state index is -0.359. The number of hydrazine groups is 1. The lowest BCUT2D eigenvalue weighted by molar-refractivity contribution is -0.125. The van der Waals surface area contributed by atoms with E-state index in [1.165, 1.54) is 17.7 Å². The summed E-state index contributed by atoms with van der Waals surface area (Å²) in [7, 11) is 0. The maximum atomic E-state index is 12.2. The van der Waals surface area contributed by atoms with Gasteiger partial charge in [-0.3, -0.25) is 25.3 Å². The summed E-state index contributed by atoms with van der Waals surface area (Å²) in [6.07, 6.45) is 4.62. The van der Waals surface area contributed by atoms with Crippen molar-refractivity contribution in [2.24, 2.45) is 5.92 Å². The highest BCUT2D eigenvalue weighted by molar-refractivity contribution is 7.80. The van der Waals surface area contributed by atoms with E-state index in [4.69, 9.17) is 17.0 Å². The summed E-state index contributed by atoms with van der Waals surface area (Å²) < 4.78 is 5.37. The van der Waals surface area contributed by atoms with Crippen LogP contribution < -0.4 is 25.8 Å². The number of hydrogen-bond donors (Lipinski definition) is 3. The summed E-state index contributed by atoms with van der Waals surface area (Å²) in [4.78, 5) is 25.7. The number of benzene rings is 1. The number of hydrogen-bond acceptors (Lipinski definition) is 4. The fraction of sp³-hybridized carbons (Fsp3) is 0.526. The van der Waals surface area contributed by atoms with Crippen LogP contribution in [0.5, 0.6) is 5.75 Å². The van der Waals surface area contributed by atoms with Gasteiger partial charge in [0.1, 0.15) is 12.3 Å². The first kappa shape index (κ1) is 21.0. The van der Waals surface area contributed by atoms with E-state index in [0.717, 1.165) is 19.4 Å². The summed E-state index contributed by atoms with van der Waals surface area (Å²) >= 11 is 5.20. The Morgan fingerprint density at radius 3 is 2.81 bits per heavy atom. The van der Waals surface area contributed by atoms with E-state index in [1.54, 1.807) is 18.2 Å². The largest absolute Gasteiger partial charge is 0.482 e. The molecule has 1 heterocycles. The summed E-state index contributed by atoms with van der Waals surface area (Å²) in [6.45, 7) is 4.93. The molecule has 0 aliphatic carbocycles. The molecule has 0 saturated carbocycles. The zero-order chi connectivity index (χ0) is 19.6. The van der Waals surface area contributed by atoms with Crippen LogP contribution in [-0.4, -0.2) is 36.6 Å². The van der Waals surface area contributed by atoms with Gasteiger partial charge in [-0.05, 0) is 36.7 Å². The average molecular weight is 393 g/mol. The van der Waals surface area contributed by atoms with Crippen LogP contribution in [0.15, 0.2) is 24.3 Å². The van der Waals surface area contributed by atoms with E-state index in [1.807, 2.05) is 6.07 Å². The van der Waals surface area contributed by atoms with Gasteiger partial charge in [-0.15, -0.1) is 0 Å². The lowest BCUT2D eigenvalue weighted by Crippen LogP contribution is -2.52. The van der Waals surface area contributed by atoms with Crippen molar-refractivity contribution in [3.8, 4) is 5.75 Å². The van der Waals surface area contributed by atoms with Crippen molar-refractivity contribution in [1.29, 1.82) is 0 Å². The lowest BCUT2D eigenvalue weighted by Gasteiger charge is -2.28. The quantitative estimate of drug-likeness (QED) is 0.464. The monoisotopic (exact) mass is 392 g/mol. The molecule has 148 valence electrons. The van der Waals surface area contributed by atoms with Gasteiger partial charge in [-0.1, -0.05) is 45.2 Å². The first-order valence-electron chi connectivity index (χ1n) is 9.40. The number of rotatable bonds is 8. The molecule has 1 aromatic rings. The zero-order valence-electron chi connectivity index (χ0n) is 15.9. The van der Waals surface area contributed by atoms with Crippen LogP contribution in [0.3, 0.4) is 0 Å². The third kappa shape index (κ3) is 6.39. The number of carbonyl (C=O) groups excluding carboxylic acids is 2. The van der Waals surface area contributed by atoms with Crippen molar-refractivity contribution < 1.29 is 14.3 Å². The predicted molar refractivity (Wildman–Crippen MR) is 109 cm³/mol. The second-order valence-electron chi connectivity index (χ2n) is 6.54. The standard InChI is InChI=1S/C19H28N4O3S/c1-3-5-8-14(4-2)11-20-19(27)22-21-17(24)12-23-15-9-6-7-10-16(15)26-13-18(23)25/h6-7,9-10,14H,3-5,8,11-13H2,1-2H3,(H,21,24)(H2,20,22,27)/t14-/m1/s1. The Bertz CT molecular complexity index is 668. The molecule has 0 fully saturated rings. The molecule has 2 rings (SSSR count). The van der Waals surface area contributed by atoms with Gasteiger partial charge < -0.3 is 10.1 Å². The number of fused-ring (bicyclic) bond motifs is 1. The van der Waals surface area contributed by atoms with Crippen LogP contribution in [0.25, 0.3) is 0 Å². The Morgan fingerprint density at radius 2 is 2.07 bits per heavy atom. The fourth-order valence-corrected chi connectivity index (χ4v) is 3.00. The first-order chi connectivity index (χ1) is 13.0. The van der Waals surface area contributed by atoms with Gasteiger partial charge in [0.25, 0.3) is 11.8 Å². The van der Waals surface area contributed by atoms with E-state index in [-0.39, 0.29) is 25.0 Å². The Balaban J connectivity index is 1.77. The summed E-state index contributed by atoms with van der Waals surface area (Å²) in [6, 6.07) is 7.14. The third-order valence-electron chi connectivity index (χ3n) is 4.52. The third-order valence-corrected chi connectivity index (χ3v) is 4.77. The minimum Gasteiger partial charge on any atom is -0.482 e. The number of unbranched alkanes of at least 4 members (excludes halogenated alkanes) is 1. The highest BCUT2D eigenvalue weighted by Crippen LogP contribution is 2.31. The molecule has 0 unspecified atom stereocenters. The number of anilines is 1.